The maximum atomic E-state index is 11.3. The Morgan fingerprint density at radius 2 is 2.07 bits per heavy atom. The van der Waals surface area contributed by atoms with E-state index in [2.05, 4.69) is 5.32 Å². The van der Waals surface area contributed by atoms with Crippen LogP contribution in [0.1, 0.15) is 40.0 Å². The van der Waals surface area contributed by atoms with Crippen LogP contribution in [0.3, 0.4) is 0 Å². The molecule has 4 nitrogen and oxygen atoms in total. The molecule has 0 saturated heterocycles. The van der Waals surface area contributed by atoms with Crippen LogP contribution >= 0.6 is 0 Å². The molecule has 0 unspecified atom stereocenters. The van der Waals surface area contributed by atoms with Gasteiger partial charge in [0.05, 0.1) is 12.1 Å². The average Bonchev–Trinajstić information content (AvgIpc) is 1.97. The highest BCUT2D eigenvalue weighted by Crippen LogP contribution is 2.30. The number of hydrogen-bond donors (Lipinski definition) is 2. The molecule has 0 aromatic rings. The van der Waals surface area contributed by atoms with Crippen molar-refractivity contribution in [3.63, 3.8) is 0 Å². The maximum Gasteiger partial charge on any atom is 0.320 e. The zero-order valence-corrected chi connectivity index (χ0v) is 9.80. The highest BCUT2D eigenvalue weighted by atomic mass is 16.6. The summed E-state index contributed by atoms with van der Waals surface area (Å²) in [6.45, 7) is 6.16. The summed E-state index contributed by atoms with van der Waals surface area (Å²) < 4.78 is 5.12. The molecular weight excluding hydrogens is 194 g/mol. The molecule has 0 radical (unpaired) electrons. The fourth-order valence-corrected chi connectivity index (χ4v) is 1.54. The second kappa shape index (κ2) is 4.49. The summed E-state index contributed by atoms with van der Waals surface area (Å²) in [6.07, 6.45) is 2.73. The standard InChI is InChI=1S/C11H21NO3/c1-10(2,3)15-9(13)7-12-8-11(14)5-4-6-11/h12,14H,4-8H2,1-3H3. The lowest BCUT2D eigenvalue weighted by Crippen LogP contribution is -2.47. The lowest BCUT2D eigenvalue weighted by Gasteiger charge is -2.36. The first-order chi connectivity index (χ1) is 6.81. The van der Waals surface area contributed by atoms with Crippen LogP contribution in [0.15, 0.2) is 0 Å². The highest BCUT2D eigenvalue weighted by molar-refractivity contribution is 5.72. The average molecular weight is 215 g/mol. The van der Waals surface area contributed by atoms with E-state index >= 15 is 0 Å². The first-order valence-corrected chi connectivity index (χ1v) is 5.46. The Balaban J connectivity index is 2.12. The molecule has 1 saturated carbocycles. The summed E-state index contributed by atoms with van der Waals surface area (Å²) in [7, 11) is 0. The predicted octanol–water partition coefficient (Wildman–Crippen LogP) is 0.833. The molecule has 0 atom stereocenters. The number of nitrogens with one attached hydrogen (secondary N) is 1. The lowest BCUT2D eigenvalue weighted by molar-refractivity contribution is -0.153. The van der Waals surface area contributed by atoms with E-state index in [9.17, 15) is 9.90 Å². The van der Waals surface area contributed by atoms with Gasteiger partial charge in [0.2, 0.25) is 0 Å². The normalized spacial score (nSPS) is 19.5. The summed E-state index contributed by atoms with van der Waals surface area (Å²) in [4.78, 5) is 11.3. The molecule has 1 fully saturated rings. The molecule has 0 aliphatic heterocycles. The summed E-state index contributed by atoms with van der Waals surface area (Å²) in [5.41, 5.74) is -1.02. The Labute approximate surface area is 91.0 Å². The second-order valence-electron chi connectivity index (χ2n) is 5.27. The third kappa shape index (κ3) is 4.62. The first-order valence-electron chi connectivity index (χ1n) is 5.46. The Bertz CT molecular complexity index is 228. The molecule has 1 aliphatic rings. The largest absolute Gasteiger partial charge is 0.459 e. The van der Waals surface area contributed by atoms with Crippen LogP contribution in [0.2, 0.25) is 0 Å². The van der Waals surface area contributed by atoms with Gasteiger partial charge in [0.25, 0.3) is 0 Å². The van der Waals surface area contributed by atoms with E-state index in [1.165, 1.54) is 0 Å². The van der Waals surface area contributed by atoms with Crippen molar-refractivity contribution >= 4 is 5.97 Å². The third-order valence-corrected chi connectivity index (χ3v) is 2.43. The van der Waals surface area contributed by atoms with Crippen LogP contribution in [-0.4, -0.2) is 35.4 Å². The first kappa shape index (κ1) is 12.5. The topological polar surface area (TPSA) is 58.6 Å². The number of rotatable bonds is 4. The van der Waals surface area contributed by atoms with Gasteiger partial charge in [-0.05, 0) is 40.0 Å². The highest BCUT2D eigenvalue weighted by Gasteiger charge is 2.33. The van der Waals surface area contributed by atoms with Gasteiger partial charge in [0.15, 0.2) is 0 Å². The van der Waals surface area contributed by atoms with Crippen molar-refractivity contribution in [1.29, 1.82) is 0 Å². The van der Waals surface area contributed by atoms with E-state index in [4.69, 9.17) is 4.74 Å². The molecule has 0 aromatic carbocycles. The van der Waals surface area contributed by atoms with Gasteiger partial charge in [0.1, 0.15) is 5.60 Å². The molecule has 0 spiro atoms. The van der Waals surface area contributed by atoms with Crippen molar-refractivity contribution in [2.24, 2.45) is 0 Å². The molecule has 0 heterocycles. The molecule has 4 heteroatoms. The molecule has 2 N–H and O–H groups in total. The van der Waals surface area contributed by atoms with Crippen LogP contribution in [-0.2, 0) is 9.53 Å². The Morgan fingerprint density at radius 1 is 1.47 bits per heavy atom. The second-order valence-corrected chi connectivity index (χ2v) is 5.27. The van der Waals surface area contributed by atoms with Crippen molar-refractivity contribution in [1.82, 2.24) is 5.32 Å². The molecular formula is C11H21NO3. The lowest BCUT2D eigenvalue weighted by atomic mass is 9.80. The zero-order valence-electron chi connectivity index (χ0n) is 9.80. The van der Waals surface area contributed by atoms with Gasteiger partial charge < -0.3 is 15.2 Å². The predicted molar refractivity (Wildman–Crippen MR) is 57.5 cm³/mol. The molecule has 88 valence electrons. The fourth-order valence-electron chi connectivity index (χ4n) is 1.54. The molecule has 0 aromatic heterocycles. The van der Waals surface area contributed by atoms with Crippen LogP contribution in [0, 0.1) is 0 Å². The van der Waals surface area contributed by atoms with Gasteiger partial charge in [-0.2, -0.15) is 0 Å². The zero-order chi connectivity index (χ0) is 11.5. The molecule has 0 bridgehead atoms. The number of ether oxygens (including phenoxy) is 1. The van der Waals surface area contributed by atoms with Crippen LogP contribution in [0.25, 0.3) is 0 Å². The Morgan fingerprint density at radius 3 is 2.47 bits per heavy atom. The van der Waals surface area contributed by atoms with Gasteiger partial charge in [-0.1, -0.05) is 0 Å². The van der Waals surface area contributed by atoms with Crippen LogP contribution in [0.4, 0.5) is 0 Å². The number of carbonyl (C=O) groups excluding carboxylic acids is 1. The van der Waals surface area contributed by atoms with Crippen molar-refractivity contribution in [2.75, 3.05) is 13.1 Å². The molecule has 1 aliphatic carbocycles. The van der Waals surface area contributed by atoms with E-state index in [1.54, 1.807) is 0 Å². The fraction of sp³-hybridized carbons (Fsp3) is 0.909. The Hall–Kier alpha value is -0.610. The van der Waals surface area contributed by atoms with E-state index < -0.39 is 11.2 Å². The molecule has 0 amide bonds. The number of esters is 1. The molecule has 1 rings (SSSR count). The van der Waals surface area contributed by atoms with E-state index in [-0.39, 0.29) is 12.5 Å². The quantitative estimate of drug-likeness (QED) is 0.682. The monoisotopic (exact) mass is 215 g/mol. The summed E-state index contributed by atoms with van der Waals surface area (Å²) in [5, 5.41) is 12.7. The van der Waals surface area contributed by atoms with Gasteiger partial charge in [-0.15, -0.1) is 0 Å². The number of hydrogen-bond acceptors (Lipinski definition) is 4. The van der Waals surface area contributed by atoms with E-state index in [1.807, 2.05) is 20.8 Å². The summed E-state index contributed by atoms with van der Waals surface area (Å²) in [5.74, 6) is -0.273. The summed E-state index contributed by atoms with van der Waals surface area (Å²) in [6, 6.07) is 0. The van der Waals surface area contributed by atoms with Gasteiger partial charge >= 0.3 is 5.97 Å². The smallest absolute Gasteiger partial charge is 0.320 e. The van der Waals surface area contributed by atoms with Crippen molar-refractivity contribution < 1.29 is 14.6 Å². The minimum absolute atomic E-state index is 0.166. The number of carbonyl (C=O) groups is 1. The molecule has 15 heavy (non-hydrogen) atoms. The van der Waals surface area contributed by atoms with Crippen molar-refractivity contribution in [3.05, 3.63) is 0 Å². The number of aliphatic hydroxyl groups is 1. The van der Waals surface area contributed by atoms with Crippen LogP contribution in [0.5, 0.6) is 0 Å². The van der Waals surface area contributed by atoms with Gasteiger partial charge in [-0.3, -0.25) is 4.79 Å². The van der Waals surface area contributed by atoms with E-state index in [0.29, 0.717) is 6.54 Å². The third-order valence-electron chi connectivity index (χ3n) is 2.43. The minimum Gasteiger partial charge on any atom is -0.459 e. The minimum atomic E-state index is -0.581. The van der Waals surface area contributed by atoms with Gasteiger partial charge in [-0.25, -0.2) is 0 Å². The van der Waals surface area contributed by atoms with Crippen LogP contribution < -0.4 is 5.32 Å². The van der Waals surface area contributed by atoms with Crippen molar-refractivity contribution in [2.45, 2.75) is 51.2 Å². The Kier molecular flexibility index (Phi) is 3.73. The van der Waals surface area contributed by atoms with E-state index in [0.717, 1.165) is 19.3 Å². The SMILES string of the molecule is CC(C)(C)OC(=O)CNCC1(O)CCC1. The summed E-state index contributed by atoms with van der Waals surface area (Å²) >= 11 is 0. The maximum absolute atomic E-state index is 11.3. The van der Waals surface area contributed by atoms with Crippen molar-refractivity contribution in [3.8, 4) is 0 Å². The van der Waals surface area contributed by atoms with Gasteiger partial charge in [0, 0.05) is 6.54 Å².